The van der Waals surface area contributed by atoms with Crippen molar-refractivity contribution in [2.24, 2.45) is 5.41 Å². The van der Waals surface area contributed by atoms with Crippen LogP contribution in [-0.4, -0.2) is 4.92 Å². The number of rotatable bonds is 3. The normalized spacial score (nSPS) is 11.9. The highest BCUT2D eigenvalue weighted by Gasteiger charge is 2.06. The van der Waals surface area contributed by atoms with Gasteiger partial charge in [-0.05, 0) is 29.5 Å². The largest absolute Gasteiger partial charge is 0.269 e. The summed E-state index contributed by atoms with van der Waals surface area (Å²) in [5.41, 5.74) is 1.40. The Morgan fingerprint density at radius 2 is 1.81 bits per heavy atom. The number of nitro benzene ring substituents is 1. The molecular weight excluding hydrogens is 202 g/mol. The van der Waals surface area contributed by atoms with E-state index in [9.17, 15) is 10.1 Å². The van der Waals surface area contributed by atoms with Gasteiger partial charge in [0.1, 0.15) is 0 Å². The Morgan fingerprint density at radius 3 is 2.25 bits per heavy atom. The van der Waals surface area contributed by atoms with E-state index in [-0.39, 0.29) is 16.0 Å². The van der Waals surface area contributed by atoms with Crippen LogP contribution in [0.4, 0.5) is 5.69 Å². The smallest absolute Gasteiger partial charge is 0.258 e. The molecule has 0 spiro atoms. The topological polar surface area (TPSA) is 43.1 Å². The first-order valence-corrected chi connectivity index (χ1v) is 5.29. The zero-order valence-electron chi connectivity index (χ0n) is 9.93. The highest BCUT2D eigenvalue weighted by molar-refractivity contribution is 5.51. The molecule has 3 heteroatoms. The lowest BCUT2D eigenvalue weighted by Crippen LogP contribution is -2.01. The van der Waals surface area contributed by atoms with Gasteiger partial charge < -0.3 is 0 Å². The third-order valence-electron chi connectivity index (χ3n) is 2.14. The van der Waals surface area contributed by atoms with Gasteiger partial charge in [-0.25, -0.2) is 0 Å². The van der Waals surface area contributed by atoms with Crippen LogP contribution in [0.3, 0.4) is 0 Å². The summed E-state index contributed by atoms with van der Waals surface area (Å²) in [6, 6.07) is 6.57. The van der Waals surface area contributed by atoms with Crippen LogP contribution in [0.1, 0.15) is 32.8 Å². The van der Waals surface area contributed by atoms with Crippen LogP contribution in [-0.2, 0) is 0 Å². The predicted molar refractivity (Wildman–Crippen MR) is 66.2 cm³/mol. The van der Waals surface area contributed by atoms with Crippen molar-refractivity contribution in [3.05, 3.63) is 46.0 Å². The SMILES string of the molecule is CC(C)(C)C/C=C/c1ccc([N+](=O)[O-])cc1. The van der Waals surface area contributed by atoms with E-state index in [1.165, 1.54) is 12.1 Å². The summed E-state index contributed by atoms with van der Waals surface area (Å²) in [4.78, 5) is 10.1. The van der Waals surface area contributed by atoms with Crippen LogP contribution in [0.5, 0.6) is 0 Å². The molecule has 0 bridgehead atoms. The number of nitro groups is 1. The van der Waals surface area contributed by atoms with E-state index in [1.807, 2.05) is 6.08 Å². The molecule has 1 aromatic rings. The summed E-state index contributed by atoms with van der Waals surface area (Å²) < 4.78 is 0. The van der Waals surface area contributed by atoms with E-state index in [1.54, 1.807) is 12.1 Å². The van der Waals surface area contributed by atoms with Gasteiger partial charge in [0.15, 0.2) is 0 Å². The second-order valence-corrected chi connectivity index (χ2v) is 5.02. The van der Waals surface area contributed by atoms with E-state index in [2.05, 4.69) is 26.8 Å². The van der Waals surface area contributed by atoms with Crippen molar-refractivity contribution >= 4 is 11.8 Å². The monoisotopic (exact) mass is 219 g/mol. The van der Waals surface area contributed by atoms with Crippen molar-refractivity contribution in [3.8, 4) is 0 Å². The standard InChI is InChI=1S/C13H17NO2/c1-13(2,3)10-4-5-11-6-8-12(9-7-11)14(15)16/h4-9H,10H2,1-3H3/b5-4+. The van der Waals surface area contributed by atoms with Crippen LogP contribution in [0.2, 0.25) is 0 Å². The molecule has 0 aliphatic heterocycles. The van der Waals surface area contributed by atoms with Crippen molar-refractivity contribution in [1.29, 1.82) is 0 Å². The molecule has 0 N–H and O–H groups in total. The van der Waals surface area contributed by atoms with Crippen molar-refractivity contribution < 1.29 is 4.92 Å². The lowest BCUT2D eigenvalue weighted by Gasteiger charge is -2.14. The van der Waals surface area contributed by atoms with E-state index >= 15 is 0 Å². The van der Waals surface area contributed by atoms with Crippen LogP contribution in [0, 0.1) is 15.5 Å². The summed E-state index contributed by atoms with van der Waals surface area (Å²) in [6.07, 6.45) is 5.08. The number of non-ortho nitro benzene ring substituents is 1. The number of hydrogen-bond donors (Lipinski definition) is 0. The van der Waals surface area contributed by atoms with Crippen molar-refractivity contribution in [2.45, 2.75) is 27.2 Å². The summed E-state index contributed by atoms with van der Waals surface area (Å²) in [5, 5.41) is 10.4. The lowest BCUT2D eigenvalue weighted by atomic mass is 9.92. The van der Waals surface area contributed by atoms with E-state index in [0.717, 1.165) is 12.0 Å². The molecule has 0 unspecified atom stereocenters. The first kappa shape index (κ1) is 12.4. The summed E-state index contributed by atoms with van der Waals surface area (Å²) in [7, 11) is 0. The van der Waals surface area contributed by atoms with Crippen molar-refractivity contribution in [3.63, 3.8) is 0 Å². The Bertz CT molecular complexity index is 385. The summed E-state index contributed by atoms with van der Waals surface area (Å²) in [6.45, 7) is 6.52. The predicted octanol–water partition coefficient (Wildman–Crippen LogP) is 4.04. The minimum atomic E-state index is -0.386. The number of benzene rings is 1. The number of allylic oxidation sites excluding steroid dienone is 1. The molecule has 0 aliphatic carbocycles. The first-order valence-electron chi connectivity index (χ1n) is 5.29. The molecule has 0 fully saturated rings. The van der Waals surface area contributed by atoms with Gasteiger partial charge in [0.05, 0.1) is 4.92 Å². The Morgan fingerprint density at radius 1 is 1.25 bits per heavy atom. The van der Waals surface area contributed by atoms with Gasteiger partial charge in [-0.1, -0.05) is 32.9 Å². The van der Waals surface area contributed by atoms with Gasteiger partial charge in [0, 0.05) is 12.1 Å². The minimum absolute atomic E-state index is 0.132. The highest BCUT2D eigenvalue weighted by Crippen LogP contribution is 2.20. The maximum Gasteiger partial charge on any atom is 0.269 e. The third kappa shape index (κ3) is 4.26. The molecule has 0 atom stereocenters. The number of nitrogens with zero attached hydrogens (tertiary/aromatic N) is 1. The number of hydrogen-bond acceptors (Lipinski definition) is 2. The van der Waals surface area contributed by atoms with Crippen LogP contribution in [0.15, 0.2) is 30.3 Å². The van der Waals surface area contributed by atoms with E-state index < -0.39 is 0 Å². The average Bonchev–Trinajstić information content (AvgIpc) is 2.16. The molecule has 16 heavy (non-hydrogen) atoms. The Balaban J connectivity index is 2.65. The van der Waals surface area contributed by atoms with Crippen LogP contribution < -0.4 is 0 Å². The van der Waals surface area contributed by atoms with Crippen molar-refractivity contribution in [2.75, 3.05) is 0 Å². The van der Waals surface area contributed by atoms with E-state index in [0.29, 0.717) is 0 Å². The molecular formula is C13H17NO2. The second-order valence-electron chi connectivity index (χ2n) is 5.02. The Labute approximate surface area is 95.9 Å². The quantitative estimate of drug-likeness (QED) is 0.568. The van der Waals surface area contributed by atoms with E-state index in [4.69, 9.17) is 0 Å². The molecule has 0 heterocycles. The maximum absolute atomic E-state index is 10.4. The van der Waals surface area contributed by atoms with Gasteiger partial charge in [-0.3, -0.25) is 10.1 Å². The molecule has 0 aromatic heterocycles. The van der Waals surface area contributed by atoms with Gasteiger partial charge in [-0.2, -0.15) is 0 Å². The van der Waals surface area contributed by atoms with Gasteiger partial charge in [-0.15, -0.1) is 0 Å². The Kier molecular flexibility index (Phi) is 3.82. The molecule has 3 nitrogen and oxygen atoms in total. The minimum Gasteiger partial charge on any atom is -0.258 e. The second kappa shape index (κ2) is 4.92. The molecule has 0 radical (unpaired) electrons. The molecule has 0 saturated carbocycles. The molecule has 0 amide bonds. The lowest BCUT2D eigenvalue weighted by molar-refractivity contribution is -0.384. The fraction of sp³-hybridized carbons (Fsp3) is 0.385. The fourth-order valence-electron chi connectivity index (χ4n) is 1.26. The first-order chi connectivity index (χ1) is 7.38. The van der Waals surface area contributed by atoms with Crippen LogP contribution >= 0.6 is 0 Å². The summed E-state index contributed by atoms with van der Waals surface area (Å²) >= 11 is 0. The van der Waals surface area contributed by atoms with Gasteiger partial charge in [0.2, 0.25) is 0 Å². The summed E-state index contributed by atoms with van der Waals surface area (Å²) in [5.74, 6) is 0. The average molecular weight is 219 g/mol. The van der Waals surface area contributed by atoms with Gasteiger partial charge in [0.25, 0.3) is 5.69 Å². The fourth-order valence-corrected chi connectivity index (χ4v) is 1.26. The maximum atomic E-state index is 10.4. The zero-order valence-corrected chi connectivity index (χ0v) is 9.93. The molecule has 0 saturated heterocycles. The van der Waals surface area contributed by atoms with Crippen molar-refractivity contribution in [1.82, 2.24) is 0 Å². The molecule has 86 valence electrons. The Hall–Kier alpha value is -1.64. The molecule has 0 aliphatic rings. The third-order valence-corrected chi connectivity index (χ3v) is 2.14. The molecule has 1 rings (SSSR count). The van der Waals surface area contributed by atoms with Crippen LogP contribution in [0.25, 0.3) is 6.08 Å². The zero-order chi connectivity index (χ0) is 12.2. The molecule has 1 aromatic carbocycles. The van der Waals surface area contributed by atoms with Gasteiger partial charge >= 0.3 is 0 Å². The highest BCUT2D eigenvalue weighted by atomic mass is 16.6.